The second-order valence-corrected chi connectivity index (χ2v) is 5.54. The summed E-state index contributed by atoms with van der Waals surface area (Å²) in [5.41, 5.74) is 2.63. The van der Waals surface area contributed by atoms with Crippen LogP contribution in [0.2, 0.25) is 0 Å². The zero-order valence-corrected chi connectivity index (χ0v) is 13.8. The third-order valence-corrected chi connectivity index (χ3v) is 3.62. The zero-order chi connectivity index (χ0) is 15.4. The Morgan fingerprint density at radius 3 is 2.48 bits per heavy atom. The van der Waals surface area contributed by atoms with Gasteiger partial charge in [0.25, 0.3) is 0 Å². The number of methoxy groups -OCH3 is 2. The van der Waals surface area contributed by atoms with E-state index >= 15 is 0 Å². The number of rotatable bonds is 5. The molecule has 0 amide bonds. The Morgan fingerprint density at radius 2 is 1.86 bits per heavy atom. The third-order valence-electron chi connectivity index (χ3n) is 3.03. The number of hydrogen-bond donors (Lipinski definition) is 1. The van der Waals surface area contributed by atoms with Gasteiger partial charge in [-0.25, -0.2) is 4.39 Å². The Bertz CT molecular complexity index is 626. The topological polar surface area (TPSA) is 30.5 Å². The van der Waals surface area contributed by atoms with Gasteiger partial charge < -0.3 is 14.8 Å². The summed E-state index contributed by atoms with van der Waals surface area (Å²) in [5.74, 6) is 1.06. The molecular weight excluding hydrogens is 337 g/mol. The number of benzene rings is 2. The first-order valence-corrected chi connectivity index (χ1v) is 7.24. The van der Waals surface area contributed by atoms with E-state index in [1.807, 2.05) is 25.1 Å². The molecular formula is C16H17BrFNO2. The minimum absolute atomic E-state index is 0.244. The molecule has 0 spiro atoms. The van der Waals surface area contributed by atoms with Crippen LogP contribution in [-0.2, 0) is 6.54 Å². The van der Waals surface area contributed by atoms with E-state index in [1.54, 1.807) is 14.2 Å². The van der Waals surface area contributed by atoms with Crippen molar-refractivity contribution in [1.29, 1.82) is 0 Å². The fourth-order valence-electron chi connectivity index (χ4n) is 2.12. The van der Waals surface area contributed by atoms with E-state index in [0.29, 0.717) is 18.0 Å². The molecule has 21 heavy (non-hydrogen) atoms. The largest absolute Gasteiger partial charge is 0.493 e. The first kappa shape index (κ1) is 15.6. The number of aryl methyl sites for hydroxylation is 1. The number of nitrogens with one attached hydrogen (secondary N) is 1. The quantitative estimate of drug-likeness (QED) is 0.856. The van der Waals surface area contributed by atoms with E-state index in [9.17, 15) is 4.39 Å². The van der Waals surface area contributed by atoms with E-state index in [1.165, 1.54) is 12.1 Å². The highest BCUT2D eigenvalue weighted by atomic mass is 79.9. The van der Waals surface area contributed by atoms with E-state index in [-0.39, 0.29) is 5.82 Å². The van der Waals surface area contributed by atoms with Crippen LogP contribution in [0.25, 0.3) is 0 Å². The molecule has 0 atom stereocenters. The Hall–Kier alpha value is -1.75. The highest BCUT2D eigenvalue weighted by Gasteiger charge is 2.10. The molecule has 0 heterocycles. The molecule has 0 unspecified atom stereocenters. The fourth-order valence-corrected chi connectivity index (χ4v) is 2.77. The van der Waals surface area contributed by atoms with Gasteiger partial charge in [-0.15, -0.1) is 0 Å². The van der Waals surface area contributed by atoms with Gasteiger partial charge in [-0.2, -0.15) is 0 Å². The van der Waals surface area contributed by atoms with Gasteiger partial charge in [0, 0.05) is 12.2 Å². The number of ether oxygens (including phenoxy) is 2. The summed E-state index contributed by atoms with van der Waals surface area (Å²) in [7, 11) is 3.19. The number of hydrogen-bond acceptors (Lipinski definition) is 3. The lowest BCUT2D eigenvalue weighted by Crippen LogP contribution is -2.02. The first-order valence-electron chi connectivity index (χ1n) is 6.45. The van der Waals surface area contributed by atoms with Crippen LogP contribution in [0, 0.1) is 12.7 Å². The van der Waals surface area contributed by atoms with Crippen LogP contribution in [0.4, 0.5) is 10.1 Å². The van der Waals surface area contributed by atoms with E-state index in [4.69, 9.17) is 9.47 Å². The van der Waals surface area contributed by atoms with E-state index in [0.717, 1.165) is 21.3 Å². The van der Waals surface area contributed by atoms with Crippen molar-refractivity contribution in [3.8, 4) is 11.5 Å². The van der Waals surface area contributed by atoms with Crippen LogP contribution in [0.3, 0.4) is 0 Å². The molecule has 0 fully saturated rings. The molecule has 1 N–H and O–H groups in total. The lowest BCUT2D eigenvalue weighted by atomic mass is 10.1. The SMILES string of the molecule is COc1cc(CNc2cc(C)cc(F)c2)cc(Br)c1OC. The minimum Gasteiger partial charge on any atom is -0.493 e. The number of anilines is 1. The maximum atomic E-state index is 13.4. The molecule has 0 saturated carbocycles. The van der Waals surface area contributed by atoms with Crippen LogP contribution >= 0.6 is 15.9 Å². The van der Waals surface area contributed by atoms with Crippen molar-refractivity contribution < 1.29 is 13.9 Å². The molecule has 2 rings (SSSR count). The summed E-state index contributed by atoms with van der Waals surface area (Å²) in [6.07, 6.45) is 0. The average Bonchev–Trinajstić information content (AvgIpc) is 2.43. The third kappa shape index (κ3) is 3.88. The molecule has 0 radical (unpaired) electrons. The van der Waals surface area contributed by atoms with Crippen LogP contribution < -0.4 is 14.8 Å². The normalized spacial score (nSPS) is 10.3. The predicted octanol–water partition coefficient (Wildman–Crippen LogP) is 4.53. The van der Waals surface area contributed by atoms with Crippen molar-refractivity contribution in [2.45, 2.75) is 13.5 Å². The van der Waals surface area contributed by atoms with Crippen molar-refractivity contribution in [2.24, 2.45) is 0 Å². The molecule has 0 saturated heterocycles. The van der Waals surface area contributed by atoms with Crippen LogP contribution in [0.15, 0.2) is 34.8 Å². The highest BCUT2D eigenvalue weighted by Crippen LogP contribution is 2.36. The highest BCUT2D eigenvalue weighted by molar-refractivity contribution is 9.10. The smallest absolute Gasteiger partial charge is 0.174 e. The summed E-state index contributed by atoms with van der Waals surface area (Å²) < 4.78 is 24.7. The molecule has 0 aromatic heterocycles. The summed E-state index contributed by atoms with van der Waals surface area (Å²) in [6.45, 7) is 2.42. The molecule has 2 aromatic rings. The summed E-state index contributed by atoms with van der Waals surface area (Å²) >= 11 is 3.46. The van der Waals surface area contributed by atoms with E-state index < -0.39 is 0 Å². The molecule has 2 aromatic carbocycles. The molecule has 0 aliphatic rings. The minimum atomic E-state index is -0.244. The monoisotopic (exact) mass is 353 g/mol. The maximum absolute atomic E-state index is 13.4. The van der Waals surface area contributed by atoms with Crippen LogP contribution in [0.1, 0.15) is 11.1 Å². The lowest BCUT2D eigenvalue weighted by molar-refractivity contribution is 0.352. The Kier molecular flexibility index (Phi) is 5.07. The first-order chi connectivity index (χ1) is 10.0. The van der Waals surface area contributed by atoms with Crippen molar-refractivity contribution in [3.63, 3.8) is 0 Å². The Morgan fingerprint density at radius 1 is 1.10 bits per heavy atom. The molecule has 0 aliphatic carbocycles. The summed E-state index contributed by atoms with van der Waals surface area (Å²) in [4.78, 5) is 0. The van der Waals surface area contributed by atoms with Gasteiger partial charge in [0.2, 0.25) is 0 Å². The molecule has 3 nitrogen and oxygen atoms in total. The second-order valence-electron chi connectivity index (χ2n) is 4.68. The van der Waals surface area contributed by atoms with Gasteiger partial charge in [-0.3, -0.25) is 0 Å². The van der Waals surface area contributed by atoms with Crippen LogP contribution in [0.5, 0.6) is 11.5 Å². The molecule has 0 aliphatic heterocycles. The molecule has 5 heteroatoms. The van der Waals surface area contributed by atoms with Crippen LogP contribution in [-0.4, -0.2) is 14.2 Å². The predicted molar refractivity (Wildman–Crippen MR) is 85.7 cm³/mol. The lowest BCUT2D eigenvalue weighted by Gasteiger charge is -2.13. The van der Waals surface area contributed by atoms with Crippen molar-refractivity contribution in [1.82, 2.24) is 0 Å². The average molecular weight is 354 g/mol. The van der Waals surface area contributed by atoms with Gasteiger partial charge in [-0.05, 0) is 64.3 Å². The molecule has 0 bridgehead atoms. The summed E-state index contributed by atoms with van der Waals surface area (Å²) in [5, 5.41) is 3.20. The fraction of sp³-hybridized carbons (Fsp3) is 0.250. The maximum Gasteiger partial charge on any atom is 0.174 e. The van der Waals surface area contributed by atoms with Crippen molar-refractivity contribution in [2.75, 3.05) is 19.5 Å². The summed E-state index contributed by atoms with van der Waals surface area (Å²) in [6, 6.07) is 8.71. The van der Waals surface area contributed by atoms with Crippen molar-refractivity contribution >= 4 is 21.6 Å². The molecule has 112 valence electrons. The van der Waals surface area contributed by atoms with Gasteiger partial charge >= 0.3 is 0 Å². The van der Waals surface area contributed by atoms with Gasteiger partial charge in [-0.1, -0.05) is 0 Å². The van der Waals surface area contributed by atoms with Gasteiger partial charge in [0.05, 0.1) is 18.7 Å². The standard InChI is InChI=1S/C16H17BrFNO2/c1-10-4-12(18)8-13(5-10)19-9-11-6-14(17)16(21-3)15(7-11)20-2/h4-8,19H,9H2,1-3H3. The van der Waals surface area contributed by atoms with Crippen molar-refractivity contribution in [3.05, 3.63) is 51.7 Å². The Balaban J connectivity index is 2.18. The number of halogens is 2. The van der Waals surface area contributed by atoms with Gasteiger partial charge in [0.1, 0.15) is 5.82 Å². The van der Waals surface area contributed by atoms with E-state index in [2.05, 4.69) is 21.2 Å². The van der Waals surface area contributed by atoms with Gasteiger partial charge in [0.15, 0.2) is 11.5 Å². The Labute approximate surface area is 132 Å². The second kappa shape index (κ2) is 6.80. The zero-order valence-electron chi connectivity index (χ0n) is 12.2.